The van der Waals surface area contributed by atoms with E-state index in [4.69, 9.17) is 0 Å². The standard InChI is InChI=1S/C13H22N4O2/c1-3-5-6-7-10-15-13-11(17(18)19)8-9-12(16-13)14-4-2/h8-9H,3-7,10H2,1-2H3,(H2,14,15,16). The van der Waals surface area contributed by atoms with Crippen LogP contribution >= 0.6 is 0 Å². The Morgan fingerprint density at radius 1 is 1.21 bits per heavy atom. The van der Waals surface area contributed by atoms with E-state index in [1.54, 1.807) is 6.07 Å². The van der Waals surface area contributed by atoms with Crippen LogP contribution in [0.2, 0.25) is 0 Å². The Morgan fingerprint density at radius 3 is 2.63 bits per heavy atom. The van der Waals surface area contributed by atoms with Crippen molar-refractivity contribution >= 4 is 17.3 Å². The lowest BCUT2D eigenvalue weighted by molar-refractivity contribution is -0.384. The Kier molecular flexibility index (Phi) is 6.63. The predicted octanol–water partition coefficient (Wildman–Crippen LogP) is 3.41. The van der Waals surface area contributed by atoms with Gasteiger partial charge in [-0.2, -0.15) is 0 Å². The van der Waals surface area contributed by atoms with Crippen LogP contribution in [0.1, 0.15) is 39.5 Å². The van der Waals surface area contributed by atoms with Gasteiger partial charge in [0.15, 0.2) is 0 Å². The summed E-state index contributed by atoms with van der Waals surface area (Å²) in [6.45, 7) is 5.56. The summed E-state index contributed by atoms with van der Waals surface area (Å²) in [7, 11) is 0. The molecule has 0 aromatic carbocycles. The molecule has 0 atom stereocenters. The molecular formula is C13H22N4O2. The Hall–Kier alpha value is -1.85. The second-order valence-corrected chi connectivity index (χ2v) is 4.34. The van der Waals surface area contributed by atoms with Crippen LogP contribution in [0.3, 0.4) is 0 Å². The van der Waals surface area contributed by atoms with Gasteiger partial charge in [-0.15, -0.1) is 0 Å². The lowest BCUT2D eigenvalue weighted by Crippen LogP contribution is -2.08. The number of pyridine rings is 1. The molecule has 1 aromatic heterocycles. The Labute approximate surface area is 113 Å². The van der Waals surface area contributed by atoms with Crippen LogP contribution in [0.5, 0.6) is 0 Å². The lowest BCUT2D eigenvalue weighted by Gasteiger charge is -2.08. The molecule has 0 aliphatic carbocycles. The summed E-state index contributed by atoms with van der Waals surface area (Å²) in [5.41, 5.74) is 0.0251. The highest BCUT2D eigenvalue weighted by Gasteiger charge is 2.15. The third kappa shape index (κ3) is 5.11. The minimum Gasteiger partial charge on any atom is -0.370 e. The SMILES string of the molecule is CCCCCCNc1nc(NCC)ccc1[N+](=O)[O-]. The number of aromatic nitrogens is 1. The second-order valence-electron chi connectivity index (χ2n) is 4.34. The highest BCUT2D eigenvalue weighted by Crippen LogP contribution is 2.23. The van der Waals surface area contributed by atoms with E-state index in [0.717, 1.165) is 19.4 Å². The zero-order valence-corrected chi connectivity index (χ0v) is 11.6. The molecule has 1 aromatic rings. The number of hydrogen-bond donors (Lipinski definition) is 2. The van der Waals surface area contributed by atoms with Crippen molar-refractivity contribution in [2.24, 2.45) is 0 Å². The van der Waals surface area contributed by atoms with E-state index in [1.807, 2.05) is 6.92 Å². The fourth-order valence-electron chi connectivity index (χ4n) is 1.77. The first-order valence-corrected chi connectivity index (χ1v) is 6.82. The second kappa shape index (κ2) is 8.29. The molecule has 0 spiro atoms. The molecule has 0 saturated carbocycles. The molecular weight excluding hydrogens is 244 g/mol. The third-order valence-electron chi connectivity index (χ3n) is 2.75. The first-order chi connectivity index (χ1) is 9.19. The summed E-state index contributed by atoms with van der Waals surface area (Å²) >= 11 is 0. The summed E-state index contributed by atoms with van der Waals surface area (Å²) in [4.78, 5) is 14.8. The maximum Gasteiger partial charge on any atom is 0.311 e. The van der Waals surface area contributed by atoms with Crippen molar-refractivity contribution in [1.82, 2.24) is 4.98 Å². The van der Waals surface area contributed by atoms with Crippen molar-refractivity contribution in [3.63, 3.8) is 0 Å². The molecule has 106 valence electrons. The number of unbranched alkanes of at least 4 members (excludes halogenated alkanes) is 3. The molecule has 0 fully saturated rings. The summed E-state index contributed by atoms with van der Waals surface area (Å²) < 4.78 is 0. The lowest BCUT2D eigenvalue weighted by atomic mass is 10.2. The van der Waals surface area contributed by atoms with Crippen LogP contribution in [0, 0.1) is 10.1 Å². The molecule has 6 nitrogen and oxygen atoms in total. The monoisotopic (exact) mass is 266 g/mol. The van der Waals surface area contributed by atoms with Gasteiger partial charge >= 0.3 is 5.69 Å². The zero-order chi connectivity index (χ0) is 14.1. The Morgan fingerprint density at radius 2 is 2.00 bits per heavy atom. The zero-order valence-electron chi connectivity index (χ0n) is 11.6. The molecule has 6 heteroatoms. The topological polar surface area (TPSA) is 80.1 Å². The van der Waals surface area contributed by atoms with E-state index in [-0.39, 0.29) is 5.69 Å². The van der Waals surface area contributed by atoms with Gasteiger partial charge in [-0.1, -0.05) is 26.2 Å². The largest absolute Gasteiger partial charge is 0.370 e. The van der Waals surface area contributed by atoms with E-state index >= 15 is 0 Å². The molecule has 0 aliphatic rings. The Bertz CT molecular complexity index is 410. The molecule has 19 heavy (non-hydrogen) atoms. The first kappa shape index (κ1) is 15.2. The number of nitrogens with one attached hydrogen (secondary N) is 2. The number of anilines is 2. The minimum atomic E-state index is -0.406. The van der Waals surface area contributed by atoms with Crippen molar-refractivity contribution in [2.75, 3.05) is 23.7 Å². The van der Waals surface area contributed by atoms with Gasteiger partial charge in [-0.3, -0.25) is 10.1 Å². The molecule has 2 N–H and O–H groups in total. The highest BCUT2D eigenvalue weighted by atomic mass is 16.6. The van der Waals surface area contributed by atoms with E-state index in [9.17, 15) is 10.1 Å². The van der Waals surface area contributed by atoms with Crippen molar-refractivity contribution in [3.8, 4) is 0 Å². The van der Waals surface area contributed by atoms with Crippen molar-refractivity contribution < 1.29 is 4.92 Å². The van der Waals surface area contributed by atoms with Crippen LogP contribution < -0.4 is 10.6 Å². The van der Waals surface area contributed by atoms with Gasteiger partial charge in [-0.05, 0) is 19.4 Å². The van der Waals surface area contributed by atoms with E-state index in [2.05, 4.69) is 22.5 Å². The predicted molar refractivity (Wildman–Crippen MR) is 77.7 cm³/mol. The molecule has 1 heterocycles. The van der Waals surface area contributed by atoms with Gasteiger partial charge in [-0.25, -0.2) is 4.98 Å². The summed E-state index contributed by atoms with van der Waals surface area (Å²) in [5.74, 6) is 1.00. The maximum atomic E-state index is 10.9. The fourth-order valence-corrected chi connectivity index (χ4v) is 1.77. The quantitative estimate of drug-likeness (QED) is 0.406. The molecule has 0 unspecified atom stereocenters. The average Bonchev–Trinajstić information content (AvgIpc) is 2.39. The Balaban J connectivity index is 2.66. The first-order valence-electron chi connectivity index (χ1n) is 6.82. The molecule has 0 amide bonds. The number of nitrogens with zero attached hydrogens (tertiary/aromatic N) is 2. The molecule has 0 saturated heterocycles. The van der Waals surface area contributed by atoms with Crippen LogP contribution in [0.15, 0.2) is 12.1 Å². The van der Waals surface area contributed by atoms with Crippen LogP contribution in [0.4, 0.5) is 17.3 Å². The van der Waals surface area contributed by atoms with Crippen LogP contribution in [-0.2, 0) is 0 Å². The molecule has 0 bridgehead atoms. The van der Waals surface area contributed by atoms with Gasteiger partial charge in [0.1, 0.15) is 5.82 Å². The maximum absolute atomic E-state index is 10.9. The smallest absolute Gasteiger partial charge is 0.311 e. The van der Waals surface area contributed by atoms with Crippen LogP contribution in [0.25, 0.3) is 0 Å². The van der Waals surface area contributed by atoms with E-state index in [1.165, 1.54) is 18.9 Å². The van der Waals surface area contributed by atoms with Gasteiger partial charge in [0.25, 0.3) is 0 Å². The third-order valence-corrected chi connectivity index (χ3v) is 2.75. The summed E-state index contributed by atoms with van der Waals surface area (Å²) in [5, 5.41) is 17.0. The normalized spacial score (nSPS) is 10.2. The van der Waals surface area contributed by atoms with E-state index < -0.39 is 4.92 Å². The number of hydrogen-bond acceptors (Lipinski definition) is 5. The summed E-state index contributed by atoms with van der Waals surface area (Å²) in [6, 6.07) is 3.11. The highest BCUT2D eigenvalue weighted by molar-refractivity contribution is 5.60. The van der Waals surface area contributed by atoms with Gasteiger partial charge in [0, 0.05) is 19.2 Å². The van der Waals surface area contributed by atoms with E-state index in [0.29, 0.717) is 18.2 Å². The molecule has 0 radical (unpaired) electrons. The van der Waals surface area contributed by atoms with Crippen molar-refractivity contribution in [1.29, 1.82) is 0 Å². The van der Waals surface area contributed by atoms with Gasteiger partial charge in [0.2, 0.25) is 5.82 Å². The van der Waals surface area contributed by atoms with Crippen molar-refractivity contribution in [3.05, 3.63) is 22.2 Å². The minimum absolute atomic E-state index is 0.0251. The fraction of sp³-hybridized carbons (Fsp3) is 0.615. The molecule has 0 aliphatic heterocycles. The average molecular weight is 266 g/mol. The number of rotatable bonds is 9. The number of nitro groups is 1. The van der Waals surface area contributed by atoms with Gasteiger partial charge < -0.3 is 10.6 Å². The molecule has 1 rings (SSSR count). The van der Waals surface area contributed by atoms with Gasteiger partial charge in [0.05, 0.1) is 4.92 Å². The van der Waals surface area contributed by atoms with Crippen LogP contribution in [-0.4, -0.2) is 23.0 Å². The van der Waals surface area contributed by atoms with Crippen molar-refractivity contribution in [2.45, 2.75) is 39.5 Å². The summed E-state index contributed by atoms with van der Waals surface area (Å²) in [6.07, 6.45) is 4.49.